The summed E-state index contributed by atoms with van der Waals surface area (Å²) in [5.41, 5.74) is 1.71. The number of carbonyl (C=O) groups excluding carboxylic acids is 1. The van der Waals surface area contributed by atoms with Gasteiger partial charge in [-0.05, 0) is 24.3 Å². The van der Waals surface area contributed by atoms with Crippen LogP contribution in [0.3, 0.4) is 0 Å². The summed E-state index contributed by atoms with van der Waals surface area (Å²) in [7, 11) is 0. The predicted molar refractivity (Wildman–Crippen MR) is 60.8 cm³/mol. The van der Waals surface area contributed by atoms with Gasteiger partial charge in [-0.2, -0.15) is 0 Å². The van der Waals surface area contributed by atoms with Crippen molar-refractivity contribution < 1.29 is 4.79 Å². The van der Waals surface area contributed by atoms with Crippen LogP contribution in [0.2, 0.25) is 0 Å². The number of hydrogen-bond acceptors (Lipinski definition) is 1. The molecule has 0 spiro atoms. The van der Waals surface area contributed by atoms with E-state index in [-0.39, 0.29) is 5.91 Å². The highest BCUT2D eigenvalue weighted by atomic mass is 16.1. The minimum absolute atomic E-state index is 0.0713. The van der Waals surface area contributed by atoms with Gasteiger partial charge < -0.3 is 10.3 Å². The van der Waals surface area contributed by atoms with Crippen LogP contribution in [0.5, 0.6) is 0 Å². The number of H-pyrrole nitrogens is 1. The first-order valence-electron chi connectivity index (χ1n) is 4.77. The molecule has 0 fully saturated rings. The van der Waals surface area contributed by atoms with Gasteiger partial charge in [0, 0.05) is 29.2 Å². The van der Waals surface area contributed by atoms with Gasteiger partial charge in [-0.15, -0.1) is 6.58 Å². The molecule has 0 saturated carbocycles. The lowest BCUT2D eigenvalue weighted by Gasteiger charge is -2.01. The monoisotopic (exact) mass is 200 g/mol. The molecule has 2 aromatic rings. The summed E-state index contributed by atoms with van der Waals surface area (Å²) >= 11 is 0. The SMILES string of the molecule is C=CCNC(=O)c1ccc2[nH]ccc2c1. The number of rotatable bonds is 3. The maximum absolute atomic E-state index is 11.6. The Hall–Kier alpha value is -2.03. The largest absolute Gasteiger partial charge is 0.361 e. The molecule has 1 amide bonds. The quantitative estimate of drug-likeness (QED) is 0.732. The summed E-state index contributed by atoms with van der Waals surface area (Å²) in [5.74, 6) is -0.0713. The topological polar surface area (TPSA) is 44.9 Å². The number of carbonyl (C=O) groups is 1. The maximum atomic E-state index is 11.6. The van der Waals surface area contributed by atoms with Gasteiger partial charge in [0.1, 0.15) is 0 Å². The van der Waals surface area contributed by atoms with Crippen molar-refractivity contribution in [3.63, 3.8) is 0 Å². The summed E-state index contributed by atoms with van der Waals surface area (Å²) < 4.78 is 0. The van der Waals surface area contributed by atoms with E-state index in [1.54, 1.807) is 12.1 Å². The minimum Gasteiger partial charge on any atom is -0.361 e. The van der Waals surface area contributed by atoms with E-state index in [2.05, 4.69) is 16.9 Å². The van der Waals surface area contributed by atoms with Crippen molar-refractivity contribution in [2.75, 3.05) is 6.54 Å². The first kappa shape index (κ1) is 9.52. The molecule has 0 saturated heterocycles. The van der Waals surface area contributed by atoms with Gasteiger partial charge in [-0.25, -0.2) is 0 Å². The summed E-state index contributed by atoms with van der Waals surface area (Å²) in [6.07, 6.45) is 3.52. The van der Waals surface area contributed by atoms with E-state index in [9.17, 15) is 4.79 Å². The molecule has 0 aliphatic heterocycles. The van der Waals surface area contributed by atoms with E-state index >= 15 is 0 Å². The number of hydrogen-bond donors (Lipinski definition) is 2. The highest BCUT2D eigenvalue weighted by molar-refractivity contribution is 5.98. The number of nitrogens with one attached hydrogen (secondary N) is 2. The van der Waals surface area contributed by atoms with Gasteiger partial charge in [0.25, 0.3) is 5.91 Å². The molecule has 1 aromatic carbocycles. The average Bonchev–Trinajstić information content (AvgIpc) is 2.72. The van der Waals surface area contributed by atoms with Crippen LogP contribution < -0.4 is 5.32 Å². The van der Waals surface area contributed by atoms with Gasteiger partial charge in [0.05, 0.1) is 0 Å². The summed E-state index contributed by atoms with van der Waals surface area (Å²) in [6.45, 7) is 4.04. The number of fused-ring (bicyclic) bond motifs is 1. The van der Waals surface area contributed by atoms with Crippen molar-refractivity contribution in [3.05, 3.63) is 48.7 Å². The Bertz CT molecular complexity index is 499. The highest BCUT2D eigenvalue weighted by Gasteiger charge is 2.04. The fraction of sp³-hybridized carbons (Fsp3) is 0.0833. The Balaban J connectivity index is 2.27. The van der Waals surface area contributed by atoms with E-state index < -0.39 is 0 Å². The maximum Gasteiger partial charge on any atom is 0.251 e. The van der Waals surface area contributed by atoms with Crippen LogP contribution in [-0.4, -0.2) is 17.4 Å². The Morgan fingerprint density at radius 2 is 2.33 bits per heavy atom. The molecule has 76 valence electrons. The zero-order valence-corrected chi connectivity index (χ0v) is 8.29. The summed E-state index contributed by atoms with van der Waals surface area (Å²) in [5, 5.41) is 3.78. The standard InChI is InChI=1S/C12H12N2O/c1-2-6-14-12(15)10-3-4-11-9(8-10)5-7-13-11/h2-5,7-8,13H,1,6H2,(H,14,15). The van der Waals surface area contributed by atoms with Crippen molar-refractivity contribution in [2.24, 2.45) is 0 Å². The van der Waals surface area contributed by atoms with Crippen LogP contribution in [0.15, 0.2) is 43.1 Å². The molecule has 15 heavy (non-hydrogen) atoms. The second kappa shape index (κ2) is 4.00. The fourth-order valence-corrected chi connectivity index (χ4v) is 1.46. The summed E-state index contributed by atoms with van der Waals surface area (Å²) in [6, 6.07) is 7.51. The first-order valence-corrected chi connectivity index (χ1v) is 4.77. The molecular formula is C12H12N2O. The molecular weight excluding hydrogens is 188 g/mol. The number of aromatic amines is 1. The number of benzene rings is 1. The molecule has 1 aromatic heterocycles. The van der Waals surface area contributed by atoms with Crippen molar-refractivity contribution in [2.45, 2.75) is 0 Å². The van der Waals surface area contributed by atoms with Crippen LogP contribution >= 0.6 is 0 Å². The van der Waals surface area contributed by atoms with E-state index in [1.807, 2.05) is 24.4 Å². The lowest BCUT2D eigenvalue weighted by atomic mass is 10.1. The molecule has 0 aliphatic carbocycles. The zero-order chi connectivity index (χ0) is 10.7. The van der Waals surface area contributed by atoms with E-state index in [4.69, 9.17) is 0 Å². The Labute approximate surface area is 87.8 Å². The molecule has 2 N–H and O–H groups in total. The molecule has 0 aliphatic rings. The van der Waals surface area contributed by atoms with Crippen molar-refractivity contribution in [1.82, 2.24) is 10.3 Å². The fourth-order valence-electron chi connectivity index (χ4n) is 1.46. The van der Waals surface area contributed by atoms with Gasteiger partial charge >= 0.3 is 0 Å². The number of aromatic nitrogens is 1. The zero-order valence-electron chi connectivity index (χ0n) is 8.29. The van der Waals surface area contributed by atoms with Crippen molar-refractivity contribution in [3.8, 4) is 0 Å². The van der Waals surface area contributed by atoms with E-state index in [0.29, 0.717) is 12.1 Å². The molecule has 2 rings (SSSR count). The molecule has 1 heterocycles. The Morgan fingerprint density at radius 3 is 3.13 bits per heavy atom. The second-order valence-corrected chi connectivity index (χ2v) is 3.28. The molecule has 0 radical (unpaired) electrons. The molecule has 0 unspecified atom stereocenters. The second-order valence-electron chi connectivity index (χ2n) is 3.28. The average molecular weight is 200 g/mol. The molecule has 3 nitrogen and oxygen atoms in total. The van der Waals surface area contributed by atoms with Gasteiger partial charge in [0.15, 0.2) is 0 Å². The van der Waals surface area contributed by atoms with Crippen LogP contribution in [0.4, 0.5) is 0 Å². The molecule has 0 atom stereocenters. The third-order valence-corrected chi connectivity index (χ3v) is 2.22. The van der Waals surface area contributed by atoms with Gasteiger partial charge in [-0.1, -0.05) is 6.08 Å². The Morgan fingerprint density at radius 1 is 1.47 bits per heavy atom. The third kappa shape index (κ3) is 1.91. The predicted octanol–water partition coefficient (Wildman–Crippen LogP) is 2.08. The molecule has 3 heteroatoms. The lowest BCUT2D eigenvalue weighted by Crippen LogP contribution is -2.22. The van der Waals surface area contributed by atoms with Crippen LogP contribution in [0.25, 0.3) is 10.9 Å². The number of amides is 1. The molecule has 0 bridgehead atoms. The Kier molecular flexibility index (Phi) is 2.54. The third-order valence-electron chi connectivity index (χ3n) is 2.22. The van der Waals surface area contributed by atoms with E-state index in [0.717, 1.165) is 10.9 Å². The highest BCUT2D eigenvalue weighted by Crippen LogP contribution is 2.13. The van der Waals surface area contributed by atoms with E-state index in [1.165, 1.54) is 0 Å². The summed E-state index contributed by atoms with van der Waals surface area (Å²) in [4.78, 5) is 14.7. The first-order chi connectivity index (χ1) is 7.31. The van der Waals surface area contributed by atoms with Crippen LogP contribution in [0, 0.1) is 0 Å². The van der Waals surface area contributed by atoms with Crippen molar-refractivity contribution >= 4 is 16.8 Å². The van der Waals surface area contributed by atoms with Crippen molar-refractivity contribution in [1.29, 1.82) is 0 Å². The lowest BCUT2D eigenvalue weighted by molar-refractivity contribution is 0.0958. The van der Waals surface area contributed by atoms with Crippen LogP contribution in [-0.2, 0) is 0 Å². The van der Waals surface area contributed by atoms with Gasteiger partial charge in [0.2, 0.25) is 0 Å². The minimum atomic E-state index is -0.0713. The van der Waals surface area contributed by atoms with Crippen LogP contribution in [0.1, 0.15) is 10.4 Å². The van der Waals surface area contributed by atoms with Gasteiger partial charge in [-0.3, -0.25) is 4.79 Å². The normalized spacial score (nSPS) is 10.1. The smallest absolute Gasteiger partial charge is 0.251 e.